The van der Waals surface area contributed by atoms with Gasteiger partial charge in [-0.1, -0.05) is 12.1 Å². The first-order valence-electron chi connectivity index (χ1n) is 11.2. The number of nitrogens with zero attached hydrogens (tertiary/aromatic N) is 3. The van der Waals surface area contributed by atoms with Crippen LogP contribution in [0.1, 0.15) is 25.7 Å². The van der Waals surface area contributed by atoms with Gasteiger partial charge in [-0.25, -0.2) is 14.2 Å². The number of hydrogen-bond donors (Lipinski definition) is 3. The molecule has 0 aliphatic heterocycles. The summed E-state index contributed by atoms with van der Waals surface area (Å²) in [5, 5.41) is 10.3. The summed E-state index contributed by atoms with van der Waals surface area (Å²) in [5.74, 6) is 1.57. The predicted octanol–water partition coefficient (Wildman–Crippen LogP) is 6.15. The van der Waals surface area contributed by atoms with Crippen molar-refractivity contribution in [3.8, 4) is 0 Å². The van der Waals surface area contributed by atoms with E-state index in [1.165, 1.54) is 12.1 Å². The number of para-hydroxylation sites is 1. The van der Waals surface area contributed by atoms with Gasteiger partial charge in [0.15, 0.2) is 0 Å². The van der Waals surface area contributed by atoms with Gasteiger partial charge in [-0.05, 0) is 87.7 Å². The van der Waals surface area contributed by atoms with Gasteiger partial charge in [0.2, 0.25) is 5.95 Å². The molecule has 1 aliphatic carbocycles. The number of amides is 2. The van der Waals surface area contributed by atoms with Crippen LogP contribution in [0.5, 0.6) is 0 Å². The summed E-state index contributed by atoms with van der Waals surface area (Å²) in [7, 11) is 3.97. The standard InChI is InChI=1S/C24H27Br2FN6O/c1-33(2)22-17-5-3-4-6-20(17)30-23(32-22)29-16-9-7-14(8-10-16)13-28-24(34)31-21-18(25)11-15(27)12-19(21)26/h3-6,11-12,14,16H,7-10,13H2,1-2H3,(H2,28,31,34)(H,29,30,32)/t14-,16+. The summed E-state index contributed by atoms with van der Waals surface area (Å²) in [4.78, 5) is 23.8. The van der Waals surface area contributed by atoms with Crippen molar-refractivity contribution in [1.29, 1.82) is 0 Å². The van der Waals surface area contributed by atoms with Crippen molar-refractivity contribution in [3.63, 3.8) is 0 Å². The third kappa shape index (κ3) is 5.96. The molecule has 1 heterocycles. The molecule has 7 nitrogen and oxygen atoms in total. The van der Waals surface area contributed by atoms with Gasteiger partial charge in [0.25, 0.3) is 0 Å². The minimum atomic E-state index is -0.387. The van der Waals surface area contributed by atoms with Crippen molar-refractivity contribution in [3.05, 3.63) is 51.2 Å². The summed E-state index contributed by atoms with van der Waals surface area (Å²) in [6.45, 7) is 0.590. The molecule has 3 N–H and O–H groups in total. The molecule has 2 aromatic carbocycles. The van der Waals surface area contributed by atoms with Crippen LogP contribution in [0.25, 0.3) is 10.9 Å². The van der Waals surface area contributed by atoms with E-state index in [0.717, 1.165) is 42.4 Å². The molecule has 10 heteroatoms. The summed E-state index contributed by atoms with van der Waals surface area (Å²) in [6.07, 6.45) is 3.96. The highest BCUT2D eigenvalue weighted by atomic mass is 79.9. The fraction of sp³-hybridized carbons (Fsp3) is 0.375. The number of fused-ring (bicyclic) bond motifs is 1. The molecule has 0 spiro atoms. The monoisotopic (exact) mass is 592 g/mol. The quantitative estimate of drug-likeness (QED) is 0.319. The lowest BCUT2D eigenvalue weighted by Crippen LogP contribution is -2.36. The van der Waals surface area contributed by atoms with E-state index < -0.39 is 0 Å². The number of carbonyl (C=O) groups is 1. The van der Waals surface area contributed by atoms with E-state index in [1.54, 1.807) is 0 Å². The van der Waals surface area contributed by atoms with Gasteiger partial charge in [-0.2, -0.15) is 4.98 Å². The molecular formula is C24H27Br2FN6O. The van der Waals surface area contributed by atoms with Crippen molar-refractivity contribution >= 4 is 66.2 Å². The molecule has 0 atom stereocenters. The highest BCUT2D eigenvalue weighted by molar-refractivity contribution is 9.11. The second kappa shape index (κ2) is 10.9. The first kappa shape index (κ1) is 24.7. The number of nitrogens with one attached hydrogen (secondary N) is 3. The van der Waals surface area contributed by atoms with E-state index in [-0.39, 0.29) is 11.8 Å². The molecule has 0 saturated heterocycles. The van der Waals surface area contributed by atoms with Gasteiger partial charge in [0.1, 0.15) is 11.6 Å². The first-order chi connectivity index (χ1) is 16.3. The molecule has 0 bridgehead atoms. The predicted molar refractivity (Wildman–Crippen MR) is 142 cm³/mol. The molecule has 3 aromatic rings. The second-order valence-corrected chi connectivity index (χ2v) is 10.4. The van der Waals surface area contributed by atoms with E-state index >= 15 is 0 Å². The zero-order chi connectivity index (χ0) is 24.2. The third-order valence-electron chi connectivity index (χ3n) is 5.98. The average Bonchev–Trinajstić information content (AvgIpc) is 2.80. The van der Waals surface area contributed by atoms with Gasteiger partial charge in [-0.15, -0.1) is 0 Å². The van der Waals surface area contributed by atoms with Crippen molar-refractivity contribution in [2.45, 2.75) is 31.7 Å². The van der Waals surface area contributed by atoms with Crippen LogP contribution in [0.2, 0.25) is 0 Å². The number of hydrogen-bond acceptors (Lipinski definition) is 5. The summed E-state index contributed by atoms with van der Waals surface area (Å²) >= 11 is 6.56. The van der Waals surface area contributed by atoms with E-state index in [9.17, 15) is 9.18 Å². The number of anilines is 3. The maximum Gasteiger partial charge on any atom is 0.319 e. The molecule has 0 unspecified atom stereocenters. The first-order valence-corrected chi connectivity index (χ1v) is 12.8. The third-order valence-corrected chi connectivity index (χ3v) is 7.23. The Bertz CT molecular complexity index is 1160. The fourth-order valence-electron chi connectivity index (χ4n) is 4.22. The van der Waals surface area contributed by atoms with Gasteiger partial charge < -0.3 is 20.9 Å². The maximum absolute atomic E-state index is 13.4. The Labute approximate surface area is 215 Å². The van der Waals surface area contributed by atoms with Crippen LogP contribution in [-0.2, 0) is 0 Å². The Balaban J connectivity index is 1.28. The molecule has 2 amide bonds. The number of urea groups is 1. The van der Waals surface area contributed by atoms with Crippen LogP contribution in [0.3, 0.4) is 0 Å². The Kier molecular flexibility index (Phi) is 7.88. The van der Waals surface area contributed by atoms with Gasteiger partial charge in [0, 0.05) is 41.0 Å². The van der Waals surface area contributed by atoms with Gasteiger partial charge in [0.05, 0.1) is 11.2 Å². The van der Waals surface area contributed by atoms with Crippen LogP contribution >= 0.6 is 31.9 Å². The zero-order valence-corrected chi connectivity index (χ0v) is 22.2. The molecule has 0 radical (unpaired) electrons. The topological polar surface area (TPSA) is 82.2 Å². The van der Waals surface area contributed by atoms with E-state index in [0.29, 0.717) is 39.1 Å². The lowest BCUT2D eigenvalue weighted by atomic mass is 9.86. The lowest BCUT2D eigenvalue weighted by molar-refractivity contribution is 0.246. The molecule has 180 valence electrons. The summed E-state index contributed by atoms with van der Waals surface area (Å²) in [5.41, 5.74) is 1.42. The van der Waals surface area contributed by atoms with Gasteiger partial charge >= 0.3 is 6.03 Å². The molecular weight excluding hydrogens is 567 g/mol. The minimum Gasteiger partial charge on any atom is -0.362 e. The van der Waals surface area contributed by atoms with Crippen LogP contribution in [0.15, 0.2) is 45.3 Å². The smallest absolute Gasteiger partial charge is 0.319 e. The summed E-state index contributed by atoms with van der Waals surface area (Å²) < 4.78 is 14.4. The van der Waals surface area contributed by atoms with Crippen LogP contribution in [0, 0.1) is 11.7 Å². The number of rotatable bonds is 6. The molecule has 1 aliphatic rings. The normalized spacial score (nSPS) is 17.9. The highest BCUT2D eigenvalue weighted by Crippen LogP contribution is 2.32. The lowest BCUT2D eigenvalue weighted by Gasteiger charge is -2.29. The number of benzene rings is 2. The molecule has 1 saturated carbocycles. The number of carbonyl (C=O) groups excluding carboxylic acids is 1. The number of aromatic nitrogens is 2. The van der Waals surface area contributed by atoms with Crippen molar-refractivity contribution in [2.24, 2.45) is 5.92 Å². The Hall–Kier alpha value is -2.46. The van der Waals surface area contributed by atoms with E-state index in [4.69, 9.17) is 9.97 Å². The molecule has 4 rings (SSSR count). The largest absolute Gasteiger partial charge is 0.362 e. The molecule has 1 aromatic heterocycles. The molecule has 1 fully saturated rings. The molecule has 34 heavy (non-hydrogen) atoms. The Morgan fingerprint density at radius 3 is 2.44 bits per heavy atom. The SMILES string of the molecule is CN(C)c1nc(N[C@H]2CC[C@@H](CNC(=O)Nc3c(Br)cc(F)cc3Br)CC2)nc2ccccc12. The Morgan fingerprint density at radius 2 is 1.76 bits per heavy atom. The fourth-order valence-corrected chi connectivity index (χ4v) is 5.54. The second-order valence-electron chi connectivity index (χ2n) is 8.72. The van der Waals surface area contributed by atoms with Crippen LogP contribution in [0.4, 0.5) is 26.6 Å². The zero-order valence-electron chi connectivity index (χ0n) is 19.0. The maximum atomic E-state index is 13.4. The van der Waals surface area contributed by atoms with E-state index in [2.05, 4.69) is 47.8 Å². The summed E-state index contributed by atoms with van der Waals surface area (Å²) in [6, 6.07) is 10.6. The van der Waals surface area contributed by atoms with Crippen molar-refractivity contribution in [2.75, 3.05) is 36.2 Å². The van der Waals surface area contributed by atoms with Crippen LogP contribution < -0.4 is 20.9 Å². The van der Waals surface area contributed by atoms with Crippen LogP contribution in [-0.4, -0.2) is 42.7 Å². The van der Waals surface area contributed by atoms with E-state index in [1.807, 2.05) is 43.3 Å². The van der Waals surface area contributed by atoms with Gasteiger partial charge in [-0.3, -0.25) is 0 Å². The average molecular weight is 594 g/mol. The minimum absolute atomic E-state index is 0.298. The van der Waals surface area contributed by atoms with Crippen molar-refractivity contribution in [1.82, 2.24) is 15.3 Å². The van der Waals surface area contributed by atoms with Crippen molar-refractivity contribution < 1.29 is 9.18 Å². The highest BCUT2D eigenvalue weighted by Gasteiger charge is 2.23. The number of halogens is 3. The Morgan fingerprint density at radius 1 is 1.09 bits per heavy atom.